The molecule has 0 spiro atoms. The maximum absolute atomic E-state index is 12.9. The van der Waals surface area contributed by atoms with Gasteiger partial charge in [-0.3, -0.25) is 14.8 Å². The molecule has 1 heterocycles. The van der Waals surface area contributed by atoms with E-state index in [4.69, 9.17) is 23.2 Å². The lowest BCUT2D eigenvalue weighted by Crippen LogP contribution is -2.14. The van der Waals surface area contributed by atoms with E-state index in [0.29, 0.717) is 22.4 Å². The summed E-state index contributed by atoms with van der Waals surface area (Å²) >= 11 is 12.0. The van der Waals surface area contributed by atoms with Crippen molar-refractivity contribution in [1.29, 1.82) is 0 Å². The molecule has 0 aliphatic heterocycles. The van der Waals surface area contributed by atoms with Crippen LogP contribution in [0.1, 0.15) is 15.9 Å². The number of alkyl halides is 3. The average Bonchev–Trinajstić information content (AvgIpc) is 3.12. The highest BCUT2D eigenvalue weighted by Gasteiger charge is 2.32. The zero-order chi connectivity index (χ0) is 22.1. The Labute approximate surface area is 181 Å². The number of nitrogens with one attached hydrogen (secondary N) is 2. The molecule has 14 heteroatoms. The number of nitrogens with zero attached hydrogens (tertiary/aromatic N) is 2. The fraction of sp³-hybridized carbons (Fsp3) is 0.0625. The van der Waals surface area contributed by atoms with Crippen LogP contribution in [0.2, 0.25) is 10.0 Å². The van der Waals surface area contributed by atoms with Crippen LogP contribution in [0, 0.1) is 0 Å². The standard InChI is InChI=1S/C16H9Cl2F3N4O3S2/c17-10-4-1-8(2-5-10)13(26)22-14-23-24-15(29-14)30(27,28)25-12-7-9(16(19,20)21)3-6-11(12)18/h1-7,25H,(H,22,23,26). The third-order valence-corrected chi connectivity index (χ3v) is 6.65. The average molecular weight is 497 g/mol. The molecule has 0 radical (unpaired) electrons. The first-order valence-corrected chi connectivity index (χ1v) is 10.8. The molecule has 1 amide bonds. The highest BCUT2D eigenvalue weighted by molar-refractivity contribution is 7.94. The van der Waals surface area contributed by atoms with Crippen LogP contribution in [-0.2, 0) is 16.2 Å². The minimum Gasteiger partial charge on any atom is -0.296 e. The molecule has 0 fully saturated rings. The largest absolute Gasteiger partial charge is 0.416 e. The van der Waals surface area contributed by atoms with E-state index in [1.165, 1.54) is 24.3 Å². The van der Waals surface area contributed by atoms with E-state index < -0.39 is 37.7 Å². The highest BCUT2D eigenvalue weighted by Crippen LogP contribution is 2.35. The maximum atomic E-state index is 12.9. The SMILES string of the molecule is O=C(Nc1nnc(S(=O)(=O)Nc2cc(C(F)(F)F)ccc2Cl)s1)c1ccc(Cl)cc1. The van der Waals surface area contributed by atoms with Crippen molar-refractivity contribution in [3.63, 3.8) is 0 Å². The molecule has 30 heavy (non-hydrogen) atoms. The van der Waals surface area contributed by atoms with E-state index in [0.717, 1.165) is 12.1 Å². The third-order valence-electron chi connectivity index (χ3n) is 3.50. The van der Waals surface area contributed by atoms with Crippen molar-refractivity contribution in [2.45, 2.75) is 10.5 Å². The van der Waals surface area contributed by atoms with E-state index in [9.17, 15) is 26.4 Å². The molecule has 0 aliphatic rings. The molecular formula is C16H9Cl2F3N4O3S2. The zero-order valence-electron chi connectivity index (χ0n) is 14.4. The summed E-state index contributed by atoms with van der Waals surface area (Å²) in [5, 5.41) is 9.45. The van der Waals surface area contributed by atoms with Crippen LogP contribution in [0.4, 0.5) is 24.0 Å². The van der Waals surface area contributed by atoms with Crippen molar-refractivity contribution in [3.05, 3.63) is 63.6 Å². The third kappa shape index (κ3) is 5.19. The lowest BCUT2D eigenvalue weighted by molar-refractivity contribution is -0.137. The van der Waals surface area contributed by atoms with Gasteiger partial charge < -0.3 is 0 Å². The molecule has 7 nitrogen and oxygen atoms in total. The van der Waals surface area contributed by atoms with Gasteiger partial charge in [0.1, 0.15) is 0 Å². The molecule has 0 saturated heterocycles. The molecule has 2 aromatic carbocycles. The first kappa shape index (κ1) is 22.3. The Morgan fingerprint density at radius 2 is 1.70 bits per heavy atom. The van der Waals surface area contributed by atoms with Gasteiger partial charge >= 0.3 is 6.18 Å². The number of rotatable bonds is 5. The van der Waals surface area contributed by atoms with Crippen LogP contribution in [0.5, 0.6) is 0 Å². The topological polar surface area (TPSA) is 101 Å². The van der Waals surface area contributed by atoms with Crippen LogP contribution in [0.3, 0.4) is 0 Å². The van der Waals surface area contributed by atoms with Gasteiger partial charge in [-0.15, -0.1) is 10.2 Å². The second kappa shape index (κ2) is 8.38. The molecule has 0 aliphatic carbocycles. The number of sulfonamides is 1. The lowest BCUT2D eigenvalue weighted by atomic mass is 10.2. The van der Waals surface area contributed by atoms with Gasteiger partial charge in [-0.05, 0) is 42.5 Å². The predicted octanol–water partition coefficient (Wildman–Crippen LogP) is 4.92. The van der Waals surface area contributed by atoms with Gasteiger partial charge in [0.05, 0.1) is 16.3 Å². The van der Waals surface area contributed by atoms with Gasteiger partial charge in [0.15, 0.2) is 0 Å². The number of carbonyl (C=O) groups excluding carboxylic acids is 1. The molecule has 2 N–H and O–H groups in total. The first-order valence-electron chi connectivity index (χ1n) is 7.76. The number of hydrogen-bond donors (Lipinski definition) is 2. The Hall–Kier alpha value is -2.41. The second-order valence-corrected chi connectivity index (χ2v) is 9.31. The van der Waals surface area contributed by atoms with Crippen LogP contribution in [0.15, 0.2) is 46.8 Å². The van der Waals surface area contributed by atoms with Crippen molar-refractivity contribution >= 4 is 61.3 Å². The lowest BCUT2D eigenvalue weighted by Gasteiger charge is -2.11. The van der Waals surface area contributed by atoms with Crippen LogP contribution >= 0.6 is 34.5 Å². The van der Waals surface area contributed by atoms with Gasteiger partial charge in [-0.2, -0.15) is 21.6 Å². The van der Waals surface area contributed by atoms with Crippen molar-refractivity contribution in [2.24, 2.45) is 0 Å². The maximum Gasteiger partial charge on any atom is 0.416 e. The van der Waals surface area contributed by atoms with Crippen molar-refractivity contribution in [3.8, 4) is 0 Å². The molecule has 0 bridgehead atoms. The van der Waals surface area contributed by atoms with Gasteiger partial charge in [0.25, 0.3) is 20.3 Å². The van der Waals surface area contributed by atoms with Crippen molar-refractivity contribution < 1.29 is 26.4 Å². The molecular weight excluding hydrogens is 488 g/mol. The van der Waals surface area contributed by atoms with Crippen LogP contribution in [-0.4, -0.2) is 24.5 Å². The normalized spacial score (nSPS) is 11.9. The molecule has 3 aromatic rings. The zero-order valence-corrected chi connectivity index (χ0v) is 17.5. The summed E-state index contributed by atoms with van der Waals surface area (Å²) in [6.07, 6.45) is -4.69. The number of halogens is 5. The van der Waals surface area contributed by atoms with E-state index in [-0.39, 0.29) is 15.7 Å². The monoisotopic (exact) mass is 496 g/mol. The van der Waals surface area contributed by atoms with Crippen LogP contribution in [0.25, 0.3) is 0 Å². The van der Waals surface area contributed by atoms with E-state index in [2.05, 4.69) is 15.5 Å². The number of carbonyl (C=O) groups is 1. The van der Waals surface area contributed by atoms with Gasteiger partial charge in [-0.1, -0.05) is 34.5 Å². The van der Waals surface area contributed by atoms with Crippen LogP contribution < -0.4 is 10.0 Å². The Kier molecular flexibility index (Phi) is 6.22. The summed E-state index contributed by atoms with van der Waals surface area (Å²) in [6, 6.07) is 8.09. The van der Waals surface area contributed by atoms with E-state index in [1.807, 2.05) is 4.72 Å². The Balaban J connectivity index is 1.79. The number of anilines is 2. The second-order valence-electron chi connectivity index (χ2n) is 5.63. The Morgan fingerprint density at radius 3 is 2.33 bits per heavy atom. The minimum absolute atomic E-state index is 0.134. The van der Waals surface area contributed by atoms with E-state index >= 15 is 0 Å². The number of hydrogen-bond acceptors (Lipinski definition) is 6. The summed E-state index contributed by atoms with van der Waals surface area (Å²) < 4.78 is 64.8. The molecule has 3 rings (SSSR count). The highest BCUT2D eigenvalue weighted by atomic mass is 35.5. The number of aromatic nitrogens is 2. The number of benzene rings is 2. The smallest absolute Gasteiger partial charge is 0.296 e. The quantitative estimate of drug-likeness (QED) is 0.488. The summed E-state index contributed by atoms with van der Waals surface area (Å²) in [5.41, 5.74) is -1.32. The Bertz CT molecular complexity index is 1200. The minimum atomic E-state index is -4.69. The number of amides is 1. The fourth-order valence-corrected chi connectivity index (χ4v) is 4.42. The molecule has 0 unspecified atom stereocenters. The van der Waals surface area contributed by atoms with Crippen molar-refractivity contribution in [1.82, 2.24) is 10.2 Å². The van der Waals surface area contributed by atoms with Gasteiger partial charge in [0, 0.05) is 10.6 Å². The first-order chi connectivity index (χ1) is 14.0. The van der Waals surface area contributed by atoms with Crippen molar-refractivity contribution in [2.75, 3.05) is 10.0 Å². The summed E-state index contributed by atoms with van der Waals surface area (Å²) in [6.45, 7) is 0. The van der Waals surface area contributed by atoms with Gasteiger partial charge in [-0.25, -0.2) is 0 Å². The summed E-state index contributed by atoms with van der Waals surface area (Å²) in [7, 11) is -4.41. The molecule has 0 atom stereocenters. The summed E-state index contributed by atoms with van der Waals surface area (Å²) in [5.74, 6) is -0.583. The molecule has 1 aromatic heterocycles. The molecule has 158 valence electrons. The van der Waals surface area contributed by atoms with E-state index in [1.54, 1.807) is 0 Å². The summed E-state index contributed by atoms with van der Waals surface area (Å²) in [4.78, 5) is 12.1. The fourth-order valence-electron chi connectivity index (χ4n) is 2.11. The molecule has 0 saturated carbocycles. The predicted molar refractivity (Wildman–Crippen MR) is 107 cm³/mol. The Morgan fingerprint density at radius 1 is 1.03 bits per heavy atom. The van der Waals surface area contributed by atoms with Gasteiger partial charge in [0.2, 0.25) is 5.13 Å².